The molecule has 1 heterocycles. The Kier molecular flexibility index (Phi) is 5.63. The van der Waals surface area contributed by atoms with Crippen molar-refractivity contribution in [2.45, 2.75) is 4.90 Å². The Balaban J connectivity index is 2.43. The summed E-state index contributed by atoms with van der Waals surface area (Å²) in [4.78, 5) is 25.6. The van der Waals surface area contributed by atoms with Crippen LogP contribution in [-0.2, 0) is 29.2 Å². The van der Waals surface area contributed by atoms with E-state index in [0.717, 1.165) is 20.3 Å². The number of phenolic OH excluding ortho intramolecular Hbond substituents is 1. The van der Waals surface area contributed by atoms with Gasteiger partial charge in [-0.3, -0.25) is 4.55 Å². The van der Waals surface area contributed by atoms with Gasteiger partial charge in [0.05, 0.1) is 25.5 Å². The summed E-state index contributed by atoms with van der Waals surface area (Å²) in [6.45, 7) is 0. The minimum atomic E-state index is -4.66. The molecule has 10 heteroatoms. The van der Waals surface area contributed by atoms with Crippen LogP contribution in [-0.4, -0.2) is 44.2 Å². The lowest BCUT2D eigenvalue weighted by Gasteiger charge is -2.25. The van der Waals surface area contributed by atoms with E-state index in [9.17, 15) is 27.7 Å². The number of benzene rings is 2. The summed E-state index contributed by atoms with van der Waals surface area (Å²) in [5.41, 5.74) is -0.397. The molecule has 2 aromatic rings. The lowest BCUT2D eigenvalue weighted by atomic mass is 10.1. The number of esters is 2. The summed E-state index contributed by atoms with van der Waals surface area (Å²) in [6, 6.07) is 6.93. The number of nitrogens with zero attached hydrogens (tertiary/aromatic N) is 1. The van der Waals surface area contributed by atoms with E-state index in [1.807, 2.05) is 0 Å². The summed E-state index contributed by atoms with van der Waals surface area (Å²) in [7, 11) is -2.38. The second-order valence-corrected chi connectivity index (χ2v) is 7.47. The standard InChI is InChI=1S/C20H17NO8S/c1-28-19(23)14-9-5-6-10-21(18(14)20(24)29-2)17-13-8-4-3-7-12(13)16(11-15(17)22)30(25,26)27/h3-11,22H,1-2H3,(H,25,26,27). The van der Waals surface area contributed by atoms with Gasteiger partial charge >= 0.3 is 11.9 Å². The van der Waals surface area contributed by atoms with Crippen LogP contribution < -0.4 is 4.90 Å². The minimum absolute atomic E-state index is 0.000229. The molecule has 156 valence electrons. The Morgan fingerprint density at radius 3 is 2.23 bits per heavy atom. The van der Waals surface area contributed by atoms with Gasteiger partial charge in [0, 0.05) is 23.0 Å². The predicted molar refractivity (Wildman–Crippen MR) is 107 cm³/mol. The number of anilines is 1. The third kappa shape index (κ3) is 3.65. The van der Waals surface area contributed by atoms with Gasteiger partial charge < -0.3 is 19.5 Å². The van der Waals surface area contributed by atoms with Crippen molar-refractivity contribution >= 4 is 38.5 Å². The maximum atomic E-state index is 12.6. The fraction of sp³-hybridized carbons (Fsp3) is 0.100. The third-order valence-electron chi connectivity index (χ3n) is 4.37. The molecule has 0 saturated heterocycles. The van der Waals surface area contributed by atoms with Crippen LogP contribution in [0.3, 0.4) is 0 Å². The molecule has 0 fully saturated rings. The van der Waals surface area contributed by atoms with Crippen molar-refractivity contribution < 1.29 is 37.1 Å². The van der Waals surface area contributed by atoms with Crippen molar-refractivity contribution in [2.24, 2.45) is 0 Å². The van der Waals surface area contributed by atoms with E-state index in [4.69, 9.17) is 9.47 Å². The first-order valence-corrected chi connectivity index (χ1v) is 9.92. The highest BCUT2D eigenvalue weighted by Crippen LogP contribution is 2.42. The van der Waals surface area contributed by atoms with E-state index in [1.54, 1.807) is 12.1 Å². The minimum Gasteiger partial charge on any atom is -0.506 e. The molecular weight excluding hydrogens is 414 g/mol. The summed E-state index contributed by atoms with van der Waals surface area (Å²) >= 11 is 0. The zero-order valence-corrected chi connectivity index (χ0v) is 16.7. The lowest BCUT2D eigenvalue weighted by Crippen LogP contribution is -2.27. The van der Waals surface area contributed by atoms with Crippen molar-refractivity contribution in [3.05, 3.63) is 66.0 Å². The summed E-state index contributed by atoms with van der Waals surface area (Å²) in [5.74, 6) is -2.27. The van der Waals surface area contributed by atoms with E-state index in [0.29, 0.717) is 0 Å². The van der Waals surface area contributed by atoms with Gasteiger partial charge in [0.2, 0.25) is 0 Å². The lowest BCUT2D eigenvalue weighted by molar-refractivity contribution is -0.139. The number of carbonyl (C=O) groups is 2. The van der Waals surface area contributed by atoms with E-state index < -0.39 is 32.7 Å². The molecule has 9 nitrogen and oxygen atoms in total. The van der Waals surface area contributed by atoms with Crippen LogP contribution in [0.5, 0.6) is 5.75 Å². The van der Waals surface area contributed by atoms with Crippen LogP contribution >= 0.6 is 0 Å². The quantitative estimate of drug-likeness (QED) is 0.553. The molecule has 30 heavy (non-hydrogen) atoms. The zero-order chi connectivity index (χ0) is 22.1. The van der Waals surface area contributed by atoms with E-state index in [2.05, 4.69) is 0 Å². The van der Waals surface area contributed by atoms with Crippen molar-refractivity contribution in [3.63, 3.8) is 0 Å². The molecule has 0 amide bonds. The number of hydrogen-bond acceptors (Lipinski definition) is 8. The van der Waals surface area contributed by atoms with Gasteiger partial charge in [0.1, 0.15) is 16.3 Å². The smallest absolute Gasteiger partial charge is 0.355 e. The second kappa shape index (κ2) is 8.01. The zero-order valence-electron chi connectivity index (χ0n) is 15.9. The average Bonchev–Trinajstić information content (AvgIpc) is 2.94. The number of phenols is 1. The van der Waals surface area contributed by atoms with Crippen molar-refractivity contribution in [3.8, 4) is 5.75 Å². The van der Waals surface area contributed by atoms with Crippen LogP contribution in [0.2, 0.25) is 0 Å². The number of carbonyl (C=O) groups excluding carboxylic acids is 2. The SMILES string of the molecule is COC(=O)C1=C(C(=O)OC)N(c2c(O)cc(S(=O)(=O)O)c3ccccc23)C=CC=C1. The monoisotopic (exact) mass is 431 g/mol. The second-order valence-electron chi connectivity index (χ2n) is 6.08. The van der Waals surface area contributed by atoms with Crippen LogP contribution in [0, 0.1) is 0 Å². The summed E-state index contributed by atoms with van der Waals surface area (Å²) in [6.07, 6.45) is 5.73. The molecule has 2 aromatic carbocycles. The highest BCUT2D eigenvalue weighted by Gasteiger charge is 2.31. The summed E-state index contributed by atoms with van der Waals surface area (Å²) < 4.78 is 42.7. The maximum absolute atomic E-state index is 12.6. The van der Waals surface area contributed by atoms with Gasteiger partial charge in [-0.05, 0) is 12.2 Å². The number of hydrogen-bond donors (Lipinski definition) is 2. The normalized spacial score (nSPS) is 14.0. The first kappa shape index (κ1) is 21.1. The number of fused-ring (bicyclic) bond motifs is 1. The molecule has 0 aromatic heterocycles. The van der Waals surface area contributed by atoms with Crippen LogP contribution in [0.1, 0.15) is 0 Å². The highest BCUT2D eigenvalue weighted by molar-refractivity contribution is 7.86. The number of allylic oxidation sites excluding steroid dienone is 2. The van der Waals surface area contributed by atoms with Gasteiger partial charge in [-0.2, -0.15) is 8.42 Å². The van der Waals surface area contributed by atoms with Crippen molar-refractivity contribution in [1.82, 2.24) is 0 Å². The molecule has 0 radical (unpaired) electrons. The average molecular weight is 431 g/mol. The van der Waals surface area contributed by atoms with Gasteiger partial charge in [-0.1, -0.05) is 30.3 Å². The topological polar surface area (TPSA) is 130 Å². The Morgan fingerprint density at radius 2 is 1.63 bits per heavy atom. The number of ether oxygens (including phenoxy) is 2. The number of rotatable bonds is 4. The van der Waals surface area contributed by atoms with E-state index in [-0.39, 0.29) is 27.7 Å². The first-order valence-electron chi connectivity index (χ1n) is 8.48. The largest absolute Gasteiger partial charge is 0.506 e. The summed E-state index contributed by atoms with van der Waals surface area (Å²) in [5, 5.41) is 11.0. The molecule has 0 saturated carbocycles. The van der Waals surface area contributed by atoms with Crippen LogP contribution in [0.25, 0.3) is 10.8 Å². The molecular formula is C20H17NO8S. The molecule has 1 aliphatic heterocycles. The van der Waals surface area contributed by atoms with Crippen molar-refractivity contribution in [2.75, 3.05) is 19.1 Å². The Hall–Kier alpha value is -3.63. The molecule has 2 N–H and O–H groups in total. The fourth-order valence-electron chi connectivity index (χ4n) is 3.12. The van der Waals surface area contributed by atoms with Crippen LogP contribution in [0.4, 0.5) is 5.69 Å². The molecule has 1 aliphatic rings. The molecule has 0 atom stereocenters. The van der Waals surface area contributed by atoms with E-state index >= 15 is 0 Å². The van der Waals surface area contributed by atoms with Gasteiger partial charge in [0.15, 0.2) is 0 Å². The third-order valence-corrected chi connectivity index (χ3v) is 5.26. The van der Waals surface area contributed by atoms with Gasteiger partial charge in [0.25, 0.3) is 10.1 Å². The van der Waals surface area contributed by atoms with Gasteiger partial charge in [-0.15, -0.1) is 0 Å². The molecule has 0 aliphatic carbocycles. The molecule has 0 spiro atoms. The first-order chi connectivity index (χ1) is 14.2. The predicted octanol–water partition coefficient (Wildman–Crippen LogP) is 2.28. The Morgan fingerprint density at radius 1 is 1.00 bits per heavy atom. The molecule has 0 bridgehead atoms. The Bertz CT molecular complexity index is 1240. The number of methoxy groups -OCH3 is 2. The maximum Gasteiger partial charge on any atom is 0.355 e. The van der Waals surface area contributed by atoms with E-state index in [1.165, 1.54) is 41.5 Å². The fourth-order valence-corrected chi connectivity index (χ4v) is 3.83. The number of aromatic hydroxyl groups is 1. The Labute approximate surface area is 171 Å². The van der Waals surface area contributed by atoms with Crippen molar-refractivity contribution in [1.29, 1.82) is 0 Å². The molecule has 0 unspecified atom stereocenters. The highest BCUT2D eigenvalue weighted by atomic mass is 32.2. The van der Waals surface area contributed by atoms with Crippen LogP contribution in [0.15, 0.2) is 70.9 Å². The van der Waals surface area contributed by atoms with Gasteiger partial charge in [-0.25, -0.2) is 9.59 Å². The molecule has 3 rings (SSSR count).